The Balaban J connectivity index is 1.99. The normalized spacial score (nSPS) is 29.1. The molecule has 9 nitrogen and oxygen atoms in total. The molecule has 0 saturated carbocycles. The molecule has 1 fully saturated rings. The summed E-state index contributed by atoms with van der Waals surface area (Å²) in [5.74, 6) is 0.391. The van der Waals surface area contributed by atoms with Crippen molar-refractivity contribution in [3.8, 4) is 17.2 Å². The van der Waals surface area contributed by atoms with E-state index in [0.717, 1.165) is 0 Å². The van der Waals surface area contributed by atoms with Gasteiger partial charge >= 0.3 is 0 Å². The molecule has 0 spiro atoms. The molecule has 0 aromatic heterocycles. The molecule has 0 bridgehead atoms. The summed E-state index contributed by atoms with van der Waals surface area (Å²) in [6, 6.07) is 3.20. The number of hydrogen-bond donors (Lipinski definition) is 5. The van der Waals surface area contributed by atoms with Crippen LogP contribution in [0.3, 0.4) is 0 Å². The van der Waals surface area contributed by atoms with Crippen molar-refractivity contribution in [2.24, 2.45) is 0 Å². The minimum Gasteiger partial charge on any atom is -0.502 e. The summed E-state index contributed by atoms with van der Waals surface area (Å²) in [4.78, 5) is 0. The third-order valence-electron chi connectivity index (χ3n) is 4.02. The Morgan fingerprint density at radius 2 is 1.65 bits per heavy atom. The monoisotopic (exact) mass is 372 g/mol. The molecule has 0 amide bonds. The lowest BCUT2D eigenvalue weighted by Gasteiger charge is -2.39. The van der Waals surface area contributed by atoms with Crippen LogP contribution in [0.5, 0.6) is 17.2 Å². The first kappa shape index (κ1) is 20.4. The number of methoxy groups -OCH3 is 2. The fourth-order valence-electron chi connectivity index (χ4n) is 2.55. The molecule has 5 N–H and O–H groups in total. The lowest BCUT2D eigenvalue weighted by Crippen LogP contribution is -2.59. The number of aromatic hydroxyl groups is 1. The van der Waals surface area contributed by atoms with Gasteiger partial charge in [0.1, 0.15) is 24.4 Å². The zero-order valence-electron chi connectivity index (χ0n) is 14.5. The molecule has 9 heteroatoms. The van der Waals surface area contributed by atoms with Crippen LogP contribution in [0.2, 0.25) is 0 Å². The Morgan fingerprint density at radius 1 is 1.04 bits per heavy atom. The highest BCUT2D eigenvalue weighted by Gasteiger charge is 2.43. The van der Waals surface area contributed by atoms with Gasteiger partial charge in [-0.15, -0.1) is 0 Å². The molecule has 1 saturated heterocycles. The van der Waals surface area contributed by atoms with E-state index in [1.165, 1.54) is 14.2 Å². The summed E-state index contributed by atoms with van der Waals surface area (Å²) in [6.07, 6.45) is -3.29. The molecule has 1 aliphatic rings. The van der Waals surface area contributed by atoms with Gasteiger partial charge in [0.15, 0.2) is 17.8 Å². The lowest BCUT2D eigenvalue weighted by molar-refractivity contribution is -0.298. The summed E-state index contributed by atoms with van der Waals surface area (Å²) in [6.45, 7) is -0.498. The third-order valence-corrected chi connectivity index (χ3v) is 4.02. The van der Waals surface area contributed by atoms with Gasteiger partial charge in [-0.25, -0.2) is 0 Å². The molecule has 0 unspecified atom stereocenters. The minimum absolute atomic E-state index is 0.0220. The minimum atomic E-state index is -1.49. The highest BCUT2D eigenvalue weighted by molar-refractivity contribution is 5.61. The Morgan fingerprint density at radius 3 is 2.19 bits per heavy atom. The number of aliphatic hydroxyl groups is 4. The number of rotatable bonds is 7. The fraction of sp³-hybridized carbons (Fsp3) is 0.529. The van der Waals surface area contributed by atoms with Crippen molar-refractivity contribution in [1.82, 2.24) is 0 Å². The van der Waals surface area contributed by atoms with Crippen LogP contribution in [0.15, 0.2) is 18.2 Å². The summed E-state index contributed by atoms with van der Waals surface area (Å²) < 4.78 is 20.7. The van der Waals surface area contributed by atoms with E-state index < -0.39 is 37.3 Å². The zero-order valence-corrected chi connectivity index (χ0v) is 14.5. The van der Waals surface area contributed by atoms with Crippen molar-refractivity contribution < 1.29 is 44.5 Å². The molecule has 1 aliphatic heterocycles. The van der Waals surface area contributed by atoms with Crippen LogP contribution in [-0.2, 0) is 9.47 Å². The predicted octanol–water partition coefficient (Wildman–Crippen LogP) is -0.761. The summed E-state index contributed by atoms with van der Waals surface area (Å²) >= 11 is 0. The van der Waals surface area contributed by atoms with Crippen molar-refractivity contribution in [1.29, 1.82) is 0 Å². The third kappa shape index (κ3) is 4.44. The SMILES string of the molecule is COc1cc(C=CCO[C@H]2O[C@H](CO)[C@@H](O)[C@H](O)[C@H]2O)cc(OC)c1O. The average Bonchev–Trinajstić information content (AvgIpc) is 2.65. The van der Waals surface area contributed by atoms with Crippen molar-refractivity contribution >= 4 is 6.08 Å². The summed E-state index contributed by atoms with van der Waals surface area (Å²) in [5, 5.41) is 48.3. The van der Waals surface area contributed by atoms with E-state index in [-0.39, 0.29) is 23.9 Å². The van der Waals surface area contributed by atoms with Gasteiger partial charge in [-0.3, -0.25) is 0 Å². The van der Waals surface area contributed by atoms with Crippen molar-refractivity contribution in [3.63, 3.8) is 0 Å². The smallest absolute Gasteiger partial charge is 0.200 e. The van der Waals surface area contributed by atoms with Gasteiger partial charge in [-0.1, -0.05) is 12.2 Å². The largest absolute Gasteiger partial charge is 0.502 e. The molecule has 1 aromatic rings. The van der Waals surface area contributed by atoms with E-state index in [2.05, 4.69) is 0 Å². The highest BCUT2D eigenvalue weighted by atomic mass is 16.7. The number of phenols is 1. The summed E-state index contributed by atoms with van der Waals surface area (Å²) in [5.41, 5.74) is 0.675. The van der Waals surface area contributed by atoms with Gasteiger partial charge in [0, 0.05) is 0 Å². The van der Waals surface area contributed by atoms with E-state index >= 15 is 0 Å². The average molecular weight is 372 g/mol. The number of ether oxygens (including phenoxy) is 4. The molecule has 0 aliphatic carbocycles. The maximum atomic E-state index is 9.88. The van der Waals surface area contributed by atoms with E-state index in [4.69, 9.17) is 24.1 Å². The number of phenolic OH excluding ortho intramolecular Hbond substituents is 1. The van der Waals surface area contributed by atoms with Gasteiger partial charge in [-0.2, -0.15) is 0 Å². The molecular formula is C17H24O9. The Labute approximate surface area is 150 Å². The van der Waals surface area contributed by atoms with Crippen LogP contribution in [0.1, 0.15) is 5.56 Å². The van der Waals surface area contributed by atoms with E-state index in [0.29, 0.717) is 5.56 Å². The van der Waals surface area contributed by atoms with Gasteiger partial charge in [0.05, 0.1) is 27.4 Å². The van der Waals surface area contributed by atoms with Crippen LogP contribution < -0.4 is 9.47 Å². The van der Waals surface area contributed by atoms with Crippen LogP contribution in [0.25, 0.3) is 6.08 Å². The maximum absolute atomic E-state index is 9.88. The number of aliphatic hydroxyl groups excluding tert-OH is 4. The molecule has 1 aromatic carbocycles. The number of hydrogen-bond acceptors (Lipinski definition) is 9. The molecular weight excluding hydrogens is 348 g/mol. The van der Waals surface area contributed by atoms with Crippen LogP contribution in [-0.4, -0.2) is 83.7 Å². The molecule has 0 radical (unpaired) electrons. The summed E-state index contributed by atoms with van der Waals surface area (Å²) in [7, 11) is 2.84. The van der Waals surface area contributed by atoms with Crippen LogP contribution in [0.4, 0.5) is 0 Å². The lowest BCUT2D eigenvalue weighted by atomic mass is 9.99. The van der Waals surface area contributed by atoms with E-state index in [1.807, 2.05) is 0 Å². The van der Waals surface area contributed by atoms with Crippen LogP contribution >= 0.6 is 0 Å². The standard InChI is InChI=1S/C17H24O9/c1-23-10-6-9(7-11(24-2)13(10)19)4-3-5-25-17-16(22)15(21)14(20)12(8-18)26-17/h3-4,6-7,12,14-22H,5,8H2,1-2H3/t12-,14-,15+,16-,17+/m1/s1. The van der Waals surface area contributed by atoms with Gasteiger partial charge in [0.2, 0.25) is 5.75 Å². The molecule has 1 heterocycles. The highest BCUT2D eigenvalue weighted by Crippen LogP contribution is 2.37. The van der Waals surface area contributed by atoms with Crippen molar-refractivity contribution in [2.45, 2.75) is 30.7 Å². The van der Waals surface area contributed by atoms with Gasteiger partial charge in [-0.05, 0) is 17.7 Å². The fourth-order valence-corrected chi connectivity index (χ4v) is 2.55. The quantitative estimate of drug-likeness (QED) is 0.418. The van der Waals surface area contributed by atoms with Gasteiger partial charge < -0.3 is 44.5 Å². The Bertz CT molecular complexity index is 591. The first-order valence-electron chi connectivity index (χ1n) is 7.96. The Hall–Kier alpha value is -1.88. The van der Waals surface area contributed by atoms with Crippen molar-refractivity contribution in [2.75, 3.05) is 27.4 Å². The predicted molar refractivity (Wildman–Crippen MR) is 90.0 cm³/mol. The van der Waals surface area contributed by atoms with E-state index in [9.17, 15) is 20.4 Å². The molecule has 5 atom stereocenters. The first-order chi connectivity index (χ1) is 12.4. The topological polar surface area (TPSA) is 138 Å². The zero-order chi connectivity index (χ0) is 19.3. The van der Waals surface area contributed by atoms with E-state index in [1.54, 1.807) is 24.3 Å². The second-order valence-electron chi connectivity index (χ2n) is 5.71. The molecule has 26 heavy (non-hydrogen) atoms. The molecule has 2 rings (SSSR count). The second-order valence-corrected chi connectivity index (χ2v) is 5.71. The molecule has 146 valence electrons. The Kier molecular flexibility index (Phi) is 7.21. The first-order valence-corrected chi connectivity index (χ1v) is 7.96. The number of benzene rings is 1. The second kappa shape index (κ2) is 9.17. The maximum Gasteiger partial charge on any atom is 0.200 e. The van der Waals surface area contributed by atoms with Crippen LogP contribution in [0, 0.1) is 0 Å². The van der Waals surface area contributed by atoms with Gasteiger partial charge in [0.25, 0.3) is 0 Å². The van der Waals surface area contributed by atoms with Crippen molar-refractivity contribution in [3.05, 3.63) is 23.8 Å².